The van der Waals surface area contributed by atoms with Crippen LogP contribution in [-0.2, 0) is 0 Å². The molecule has 1 N–H and O–H groups in total. The molecule has 0 rings (SSSR count). The summed E-state index contributed by atoms with van der Waals surface area (Å²) in [5.74, 6) is -3.09. The van der Waals surface area contributed by atoms with Gasteiger partial charge in [-0.25, -0.2) is 8.78 Å². The Morgan fingerprint density at radius 1 is 1.27 bits per heavy atom. The zero-order valence-corrected chi connectivity index (χ0v) is 7.49. The third-order valence-electron chi connectivity index (χ3n) is 1.56. The second-order valence-electron chi connectivity index (χ2n) is 3.86. The second kappa shape index (κ2) is 3.05. The van der Waals surface area contributed by atoms with E-state index in [2.05, 4.69) is 0 Å². The van der Waals surface area contributed by atoms with Crippen molar-refractivity contribution in [1.29, 1.82) is 0 Å². The minimum absolute atomic E-state index is 0.101. The van der Waals surface area contributed by atoms with E-state index in [0.29, 0.717) is 0 Å². The van der Waals surface area contributed by atoms with E-state index < -0.39 is 11.5 Å². The van der Waals surface area contributed by atoms with E-state index in [-0.39, 0.29) is 12.3 Å². The number of hydrogen-bond donors (Lipinski definition) is 1. The molecule has 0 aromatic heterocycles. The summed E-state index contributed by atoms with van der Waals surface area (Å²) in [6.07, 6.45) is -0.267. The highest BCUT2D eigenvalue weighted by molar-refractivity contribution is 4.85. The lowest BCUT2D eigenvalue weighted by atomic mass is 9.92. The summed E-state index contributed by atoms with van der Waals surface area (Å²) in [6, 6.07) is 0. The molecule has 0 aromatic carbocycles. The summed E-state index contributed by atoms with van der Waals surface area (Å²) in [7, 11) is 0. The molecular weight excluding hydrogens is 150 g/mol. The fraction of sp³-hybridized carbons (Fsp3) is 1.00. The fourth-order valence-electron chi connectivity index (χ4n) is 0.762. The van der Waals surface area contributed by atoms with Crippen molar-refractivity contribution in [3.05, 3.63) is 0 Å². The van der Waals surface area contributed by atoms with Gasteiger partial charge >= 0.3 is 0 Å². The van der Waals surface area contributed by atoms with Crippen molar-refractivity contribution < 1.29 is 13.9 Å². The average Bonchev–Trinajstić information content (AvgIpc) is 1.56. The number of alkyl halides is 2. The van der Waals surface area contributed by atoms with E-state index in [1.54, 1.807) is 13.8 Å². The molecule has 0 aliphatic heterocycles. The normalized spacial score (nSPS) is 14.2. The Hall–Kier alpha value is -0.180. The molecule has 68 valence electrons. The lowest BCUT2D eigenvalue weighted by Crippen LogP contribution is -2.43. The average molecular weight is 166 g/mol. The van der Waals surface area contributed by atoms with Crippen LogP contribution in [0.4, 0.5) is 8.78 Å². The van der Waals surface area contributed by atoms with Gasteiger partial charge in [0.2, 0.25) is 0 Å². The Balaban J connectivity index is 4.22. The maximum absolute atomic E-state index is 12.9. The monoisotopic (exact) mass is 166 g/mol. The molecule has 0 radical (unpaired) electrons. The van der Waals surface area contributed by atoms with Gasteiger partial charge in [0.15, 0.2) is 0 Å². The summed E-state index contributed by atoms with van der Waals surface area (Å²) in [4.78, 5) is 0. The van der Waals surface area contributed by atoms with E-state index in [4.69, 9.17) is 5.11 Å². The number of aliphatic hydroxyl groups is 1. The molecule has 0 atom stereocenters. The van der Waals surface area contributed by atoms with Gasteiger partial charge in [-0.05, 0) is 19.8 Å². The number of rotatable bonds is 3. The van der Waals surface area contributed by atoms with Crippen molar-refractivity contribution in [2.75, 3.05) is 0 Å². The molecule has 0 bridgehead atoms. The van der Waals surface area contributed by atoms with Crippen molar-refractivity contribution in [3.8, 4) is 0 Å². The lowest BCUT2D eigenvalue weighted by molar-refractivity contribution is -0.170. The van der Waals surface area contributed by atoms with Crippen LogP contribution in [-0.4, -0.2) is 16.6 Å². The summed E-state index contributed by atoms with van der Waals surface area (Å²) in [5, 5.41) is 9.04. The van der Waals surface area contributed by atoms with Crippen LogP contribution in [0.3, 0.4) is 0 Å². The predicted molar refractivity (Wildman–Crippen MR) is 40.7 cm³/mol. The second-order valence-corrected chi connectivity index (χ2v) is 3.86. The predicted octanol–water partition coefficient (Wildman–Crippen LogP) is 2.44. The molecule has 0 heterocycles. The van der Waals surface area contributed by atoms with Crippen molar-refractivity contribution in [3.63, 3.8) is 0 Å². The standard InChI is InChI=1S/C8H16F2O/c1-6(2)5-8(9,10)7(3,4)11/h6,11H,5H2,1-4H3. The smallest absolute Gasteiger partial charge is 0.275 e. The van der Waals surface area contributed by atoms with Gasteiger partial charge in [0.1, 0.15) is 5.60 Å². The molecule has 0 aromatic rings. The van der Waals surface area contributed by atoms with Crippen molar-refractivity contribution in [2.24, 2.45) is 5.92 Å². The number of halogens is 2. The molecule has 0 spiro atoms. The highest BCUT2D eigenvalue weighted by Gasteiger charge is 2.45. The maximum Gasteiger partial charge on any atom is 0.275 e. The molecular formula is C8H16F2O. The first-order chi connectivity index (χ1) is 4.67. The largest absolute Gasteiger partial charge is 0.384 e. The molecule has 0 aliphatic rings. The van der Waals surface area contributed by atoms with Crippen LogP contribution in [0, 0.1) is 5.92 Å². The van der Waals surface area contributed by atoms with Crippen LogP contribution < -0.4 is 0 Å². The minimum atomic E-state index is -2.98. The van der Waals surface area contributed by atoms with Gasteiger partial charge in [0, 0.05) is 6.42 Å². The Kier molecular flexibility index (Phi) is 3.00. The third kappa shape index (κ3) is 3.14. The number of hydrogen-bond acceptors (Lipinski definition) is 1. The van der Waals surface area contributed by atoms with Crippen LogP contribution in [0.5, 0.6) is 0 Å². The van der Waals surface area contributed by atoms with E-state index in [1.165, 1.54) is 0 Å². The lowest BCUT2D eigenvalue weighted by Gasteiger charge is -2.30. The molecule has 0 saturated carbocycles. The molecule has 0 aliphatic carbocycles. The molecule has 11 heavy (non-hydrogen) atoms. The van der Waals surface area contributed by atoms with Crippen molar-refractivity contribution in [2.45, 2.75) is 45.6 Å². The molecule has 0 amide bonds. The van der Waals surface area contributed by atoms with Gasteiger partial charge in [-0.2, -0.15) is 0 Å². The van der Waals surface area contributed by atoms with Gasteiger partial charge in [-0.3, -0.25) is 0 Å². The molecule has 0 fully saturated rings. The first-order valence-corrected chi connectivity index (χ1v) is 3.77. The Labute approximate surface area is 66.4 Å². The van der Waals surface area contributed by atoms with Crippen LogP contribution >= 0.6 is 0 Å². The molecule has 1 nitrogen and oxygen atoms in total. The summed E-state index contributed by atoms with van der Waals surface area (Å²) < 4.78 is 25.9. The Bertz CT molecular complexity index is 125. The van der Waals surface area contributed by atoms with Gasteiger partial charge in [0.05, 0.1) is 0 Å². The minimum Gasteiger partial charge on any atom is -0.384 e. The third-order valence-corrected chi connectivity index (χ3v) is 1.56. The molecule has 0 unspecified atom stereocenters. The summed E-state index contributed by atoms with van der Waals surface area (Å²) >= 11 is 0. The van der Waals surface area contributed by atoms with E-state index >= 15 is 0 Å². The zero-order valence-electron chi connectivity index (χ0n) is 7.49. The Morgan fingerprint density at radius 3 is 1.73 bits per heavy atom. The highest BCUT2D eigenvalue weighted by Crippen LogP contribution is 2.33. The van der Waals surface area contributed by atoms with Gasteiger partial charge in [-0.1, -0.05) is 13.8 Å². The van der Waals surface area contributed by atoms with Gasteiger partial charge < -0.3 is 5.11 Å². The first kappa shape index (κ1) is 10.8. The first-order valence-electron chi connectivity index (χ1n) is 3.77. The maximum atomic E-state index is 12.9. The molecule has 0 saturated heterocycles. The van der Waals surface area contributed by atoms with Crippen LogP contribution in [0.2, 0.25) is 0 Å². The highest BCUT2D eigenvalue weighted by atomic mass is 19.3. The van der Waals surface area contributed by atoms with Crippen molar-refractivity contribution in [1.82, 2.24) is 0 Å². The SMILES string of the molecule is CC(C)CC(F)(F)C(C)(C)O. The van der Waals surface area contributed by atoms with Gasteiger partial charge in [0.25, 0.3) is 5.92 Å². The summed E-state index contributed by atoms with van der Waals surface area (Å²) in [6.45, 7) is 5.68. The van der Waals surface area contributed by atoms with E-state index in [9.17, 15) is 8.78 Å². The summed E-state index contributed by atoms with van der Waals surface area (Å²) in [5.41, 5.74) is -1.91. The van der Waals surface area contributed by atoms with Crippen molar-refractivity contribution >= 4 is 0 Å². The zero-order chi connectivity index (χ0) is 9.28. The quantitative estimate of drug-likeness (QED) is 0.682. The topological polar surface area (TPSA) is 20.2 Å². The van der Waals surface area contributed by atoms with Crippen LogP contribution in [0.1, 0.15) is 34.1 Å². The van der Waals surface area contributed by atoms with Crippen LogP contribution in [0.25, 0.3) is 0 Å². The van der Waals surface area contributed by atoms with E-state index in [1.807, 2.05) is 0 Å². The van der Waals surface area contributed by atoms with E-state index in [0.717, 1.165) is 13.8 Å². The fourth-order valence-corrected chi connectivity index (χ4v) is 0.762. The Morgan fingerprint density at radius 2 is 1.64 bits per heavy atom. The van der Waals surface area contributed by atoms with Gasteiger partial charge in [-0.15, -0.1) is 0 Å². The molecule has 3 heteroatoms. The van der Waals surface area contributed by atoms with Crippen LogP contribution in [0.15, 0.2) is 0 Å².